The van der Waals surface area contributed by atoms with Gasteiger partial charge >= 0.3 is 0 Å². The van der Waals surface area contributed by atoms with Crippen molar-refractivity contribution in [3.8, 4) is 0 Å². The van der Waals surface area contributed by atoms with Crippen molar-refractivity contribution in [3.63, 3.8) is 0 Å². The summed E-state index contributed by atoms with van der Waals surface area (Å²) in [6.45, 7) is 0. The summed E-state index contributed by atoms with van der Waals surface area (Å²) in [5.74, 6) is 0.412. The van der Waals surface area contributed by atoms with Gasteiger partial charge in [-0.25, -0.2) is 0 Å². The number of benzene rings is 2. The van der Waals surface area contributed by atoms with Gasteiger partial charge in [-0.05, 0) is 41.7 Å². The summed E-state index contributed by atoms with van der Waals surface area (Å²) in [6, 6.07) is 8.50. The molecular weight excluding hydrogens is 383 g/mol. The molecule has 2 aromatic rings. The topological polar surface area (TPSA) is 55.2 Å². The number of nitro benzene ring substituents is 1. The monoisotopic (exact) mass is 394 g/mol. The first-order valence-electron chi connectivity index (χ1n) is 7.81. The normalized spacial score (nSPS) is 23.7. The van der Waals surface area contributed by atoms with Crippen LogP contribution in [-0.4, -0.2) is 4.92 Å². The van der Waals surface area contributed by atoms with Crippen molar-refractivity contribution in [2.24, 2.45) is 5.92 Å². The molecule has 0 saturated carbocycles. The van der Waals surface area contributed by atoms with Gasteiger partial charge in [0, 0.05) is 17.0 Å². The molecule has 3 atom stereocenters. The molecule has 4 nitrogen and oxygen atoms in total. The lowest BCUT2D eigenvalue weighted by molar-refractivity contribution is -0.384. The Balaban J connectivity index is 1.82. The van der Waals surface area contributed by atoms with Gasteiger partial charge in [0.25, 0.3) is 5.69 Å². The number of anilines is 1. The lowest BCUT2D eigenvalue weighted by atomic mass is 9.77. The van der Waals surface area contributed by atoms with Crippen molar-refractivity contribution >= 4 is 46.2 Å². The minimum absolute atomic E-state index is 0.0866. The van der Waals surface area contributed by atoms with E-state index in [1.165, 1.54) is 0 Å². The predicted molar refractivity (Wildman–Crippen MR) is 101 cm³/mol. The summed E-state index contributed by atoms with van der Waals surface area (Å²) >= 11 is 18.5. The van der Waals surface area contributed by atoms with Gasteiger partial charge in [-0.15, -0.1) is 0 Å². The van der Waals surface area contributed by atoms with Gasteiger partial charge in [-0.3, -0.25) is 10.1 Å². The Bertz CT molecular complexity index is 913. The van der Waals surface area contributed by atoms with E-state index >= 15 is 0 Å². The molecule has 1 aliphatic heterocycles. The highest BCUT2D eigenvalue weighted by Crippen LogP contribution is 2.52. The Morgan fingerprint density at radius 2 is 1.92 bits per heavy atom. The number of allylic oxidation sites excluding steroid dienone is 2. The maximum Gasteiger partial charge on any atom is 0.288 e. The van der Waals surface area contributed by atoms with Crippen molar-refractivity contribution in [1.29, 1.82) is 0 Å². The van der Waals surface area contributed by atoms with Gasteiger partial charge in [-0.1, -0.05) is 53.0 Å². The Kier molecular flexibility index (Phi) is 4.14. The molecule has 0 bridgehead atoms. The van der Waals surface area contributed by atoms with E-state index in [0.29, 0.717) is 10.0 Å². The fraction of sp³-hybridized carbons (Fsp3) is 0.222. The number of fused-ring (bicyclic) bond motifs is 3. The van der Waals surface area contributed by atoms with E-state index in [9.17, 15) is 10.1 Å². The van der Waals surface area contributed by atoms with Crippen LogP contribution in [0.15, 0.2) is 42.5 Å². The Hall–Kier alpha value is -1.75. The second-order valence-corrected chi connectivity index (χ2v) is 7.55. The van der Waals surface area contributed by atoms with Gasteiger partial charge in [-0.2, -0.15) is 0 Å². The van der Waals surface area contributed by atoms with Gasteiger partial charge < -0.3 is 5.32 Å². The summed E-state index contributed by atoms with van der Waals surface area (Å²) in [5, 5.41) is 16.0. The van der Waals surface area contributed by atoms with Crippen molar-refractivity contribution in [3.05, 3.63) is 78.8 Å². The Morgan fingerprint density at radius 3 is 2.68 bits per heavy atom. The number of nitrogens with one attached hydrogen (secondary N) is 1. The van der Waals surface area contributed by atoms with E-state index in [2.05, 4.69) is 17.5 Å². The first-order chi connectivity index (χ1) is 12.0. The van der Waals surface area contributed by atoms with E-state index in [1.54, 1.807) is 18.2 Å². The summed E-state index contributed by atoms with van der Waals surface area (Å²) in [4.78, 5) is 10.8. The second kappa shape index (κ2) is 6.20. The van der Waals surface area contributed by atoms with Crippen molar-refractivity contribution in [2.75, 3.05) is 5.32 Å². The molecule has 0 spiro atoms. The fourth-order valence-electron chi connectivity index (χ4n) is 3.81. The molecule has 1 N–H and O–H groups in total. The first-order valence-corrected chi connectivity index (χ1v) is 8.95. The van der Waals surface area contributed by atoms with E-state index < -0.39 is 4.92 Å². The predicted octanol–water partition coefficient (Wildman–Crippen LogP) is 6.38. The molecule has 0 saturated heterocycles. The third kappa shape index (κ3) is 2.78. The van der Waals surface area contributed by atoms with E-state index in [4.69, 9.17) is 34.8 Å². The number of nitro groups is 1. The van der Waals surface area contributed by atoms with E-state index in [0.717, 1.165) is 23.2 Å². The molecule has 128 valence electrons. The number of hydrogen-bond donors (Lipinski definition) is 1. The summed E-state index contributed by atoms with van der Waals surface area (Å²) in [7, 11) is 0. The molecule has 0 amide bonds. The molecule has 1 aliphatic carbocycles. The molecule has 25 heavy (non-hydrogen) atoms. The number of rotatable bonds is 2. The molecule has 7 heteroatoms. The molecular formula is C18H13Cl3N2O2. The quantitative estimate of drug-likeness (QED) is 0.364. The number of hydrogen-bond acceptors (Lipinski definition) is 3. The minimum atomic E-state index is -0.459. The van der Waals surface area contributed by atoms with Gasteiger partial charge in [0.1, 0.15) is 5.02 Å². The number of nitrogens with zero attached hydrogens (tertiary/aromatic N) is 1. The van der Waals surface area contributed by atoms with Crippen LogP contribution in [0.4, 0.5) is 11.4 Å². The van der Waals surface area contributed by atoms with Crippen LogP contribution in [0, 0.1) is 16.0 Å². The van der Waals surface area contributed by atoms with Crippen molar-refractivity contribution in [2.45, 2.75) is 18.4 Å². The Labute approximate surface area is 159 Å². The molecule has 0 aromatic heterocycles. The Morgan fingerprint density at radius 1 is 1.12 bits per heavy atom. The zero-order valence-corrected chi connectivity index (χ0v) is 15.1. The van der Waals surface area contributed by atoms with E-state index in [-0.39, 0.29) is 28.6 Å². The SMILES string of the molecule is O=[N+]([O-])c1cc([C@@H]2Nc3c(Cl)cc(Cl)cc3[C@@H]3C=CC[C@@H]32)ccc1Cl. The van der Waals surface area contributed by atoms with E-state index in [1.807, 2.05) is 12.1 Å². The van der Waals surface area contributed by atoms with Crippen LogP contribution in [0.5, 0.6) is 0 Å². The lowest BCUT2D eigenvalue weighted by Crippen LogP contribution is -2.29. The van der Waals surface area contributed by atoms with Gasteiger partial charge in [0.2, 0.25) is 0 Å². The zero-order chi connectivity index (χ0) is 17.7. The maximum absolute atomic E-state index is 11.2. The average molecular weight is 396 g/mol. The summed E-state index contributed by atoms with van der Waals surface area (Å²) < 4.78 is 0. The maximum atomic E-state index is 11.2. The van der Waals surface area contributed by atoms with Crippen LogP contribution < -0.4 is 5.32 Å². The molecule has 0 unspecified atom stereocenters. The highest BCUT2D eigenvalue weighted by molar-refractivity contribution is 6.36. The first kappa shape index (κ1) is 16.7. The summed E-state index contributed by atoms with van der Waals surface area (Å²) in [6.07, 6.45) is 5.18. The lowest BCUT2D eigenvalue weighted by Gasteiger charge is -2.38. The fourth-order valence-corrected chi connectivity index (χ4v) is 4.56. The molecule has 4 rings (SSSR count). The number of halogens is 3. The second-order valence-electron chi connectivity index (χ2n) is 6.30. The molecule has 2 aliphatic rings. The van der Waals surface area contributed by atoms with Crippen LogP contribution >= 0.6 is 34.8 Å². The molecule has 1 heterocycles. The largest absolute Gasteiger partial charge is 0.376 e. The highest BCUT2D eigenvalue weighted by Gasteiger charge is 2.39. The van der Waals surface area contributed by atoms with Gasteiger partial charge in [0.05, 0.1) is 21.7 Å². The van der Waals surface area contributed by atoms with Crippen LogP contribution in [0.25, 0.3) is 0 Å². The standard InChI is InChI=1S/C18H13Cl3N2O2/c19-10-7-13-11-2-1-3-12(11)17(22-18(13)15(21)8-10)9-4-5-14(20)16(6-9)23(24)25/h1-2,4-8,11-12,17,22H,3H2/t11-,12+,17+/m1/s1. The van der Waals surface area contributed by atoms with Crippen molar-refractivity contribution in [1.82, 2.24) is 0 Å². The van der Waals surface area contributed by atoms with Crippen LogP contribution in [0.2, 0.25) is 15.1 Å². The van der Waals surface area contributed by atoms with Crippen LogP contribution in [0.3, 0.4) is 0 Å². The smallest absolute Gasteiger partial charge is 0.288 e. The highest BCUT2D eigenvalue weighted by atomic mass is 35.5. The van der Waals surface area contributed by atoms with Crippen LogP contribution in [-0.2, 0) is 0 Å². The zero-order valence-electron chi connectivity index (χ0n) is 12.9. The summed E-state index contributed by atoms with van der Waals surface area (Å²) in [5.41, 5.74) is 2.64. The minimum Gasteiger partial charge on any atom is -0.376 e. The third-order valence-corrected chi connectivity index (χ3v) is 5.75. The van der Waals surface area contributed by atoms with Gasteiger partial charge in [0.15, 0.2) is 0 Å². The average Bonchev–Trinajstić information content (AvgIpc) is 3.04. The third-order valence-electron chi connectivity index (χ3n) is 4.91. The van der Waals surface area contributed by atoms with Crippen LogP contribution in [0.1, 0.15) is 29.5 Å². The molecule has 0 radical (unpaired) electrons. The van der Waals surface area contributed by atoms with Crippen molar-refractivity contribution < 1.29 is 4.92 Å². The molecule has 0 fully saturated rings. The molecule has 2 aromatic carbocycles.